The summed E-state index contributed by atoms with van der Waals surface area (Å²) in [6.07, 6.45) is 3.12. The Morgan fingerprint density at radius 3 is 2.50 bits per heavy atom. The Labute approximate surface area is 114 Å². The van der Waals surface area contributed by atoms with Gasteiger partial charge in [0.2, 0.25) is 0 Å². The van der Waals surface area contributed by atoms with E-state index in [1.807, 2.05) is 6.07 Å². The predicted molar refractivity (Wildman–Crippen MR) is 70.3 cm³/mol. The van der Waals surface area contributed by atoms with Crippen molar-refractivity contribution < 1.29 is 8.42 Å². The second kappa shape index (κ2) is 4.54. The van der Waals surface area contributed by atoms with Gasteiger partial charge in [0.15, 0.2) is 5.82 Å². The molecule has 0 bridgehead atoms. The molecule has 0 radical (unpaired) electrons. The number of H-pyrrole nitrogens is 1. The zero-order valence-electron chi connectivity index (χ0n) is 10.1. The highest BCUT2D eigenvalue weighted by molar-refractivity contribution is 7.89. The standard InChI is InChI=1S/C11H10N6O2S/c12-20(18,19)11-16-15-10(8-6-13-14-7-8)17(11)9-4-2-1-3-5-9/h1-7H,(H,13,14)(H2,12,18,19). The summed E-state index contributed by atoms with van der Waals surface area (Å²) < 4.78 is 24.7. The minimum atomic E-state index is -3.99. The summed E-state index contributed by atoms with van der Waals surface area (Å²) in [7, 11) is -3.99. The molecule has 3 aromatic rings. The highest BCUT2D eigenvalue weighted by Gasteiger charge is 2.23. The molecule has 0 saturated carbocycles. The third-order valence-electron chi connectivity index (χ3n) is 2.66. The molecule has 3 rings (SSSR count). The number of hydrogen-bond acceptors (Lipinski definition) is 5. The molecule has 0 aliphatic heterocycles. The van der Waals surface area contributed by atoms with Crippen LogP contribution in [0.25, 0.3) is 17.1 Å². The van der Waals surface area contributed by atoms with Crippen LogP contribution >= 0.6 is 0 Å². The summed E-state index contributed by atoms with van der Waals surface area (Å²) in [6, 6.07) is 8.86. The van der Waals surface area contributed by atoms with E-state index < -0.39 is 10.0 Å². The smallest absolute Gasteiger partial charge is 0.274 e. The molecule has 0 spiro atoms. The van der Waals surface area contributed by atoms with Crippen LogP contribution in [0, 0.1) is 0 Å². The van der Waals surface area contributed by atoms with Crippen molar-refractivity contribution in [1.82, 2.24) is 25.0 Å². The lowest BCUT2D eigenvalue weighted by Gasteiger charge is -2.07. The Morgan fingerprint density at radius 1 is 1.15 bits per heavy atom. The summed E-state index contributed by atoms with van der Waals surface area (Å²) in [5, 5.41) is 18.9. The first-order valence-electron chi connectivity index (χ1n) is 5.60. The van der Waals surface area contributed by atoms with Gasteiger partial charge in [-0.15, -0.1) is 10.2 Å². The normalized spacial score (nSPS) is 11.7. The summed E-state index contributed by atoms with van der Waals surface area (Å²) in [6.45, 7) is 0. The molecular weight excluding hydrogens is 280 g/mol. The first-order chi connectivity index (χ1) is 9.57. The van der Waals surface area contributed by atoms with Crippen molar-refractivity contribution in [3.05, 3.63) is 42.7 Å². The van der Waals surface area contributed by atoms with E-state index >= 15 is 0 Å². The molecule has 20 heavy (non-hydrogen) atoms. The number of nitrogens with zero attached hydrogens (tertiary/aromatic N) is 4. The highest BCUT2D eigenvalue weighted by Crippen LogP contribution is 2.23. The van der Waals surface area contributed by atoms with Gasteiger partial charge in [-0.2, -0.15) is 5.10 Å². The molecule has 0 atom stereocenters. The average molecular weight is 290 g/mol. The Balaban J connectivity index is 2.31. The molecule has 102 valence electrons. The molecule has 2 heterocycles. The van der Waals surface area contributed by atoms with Gasteiger partial charge in [-0.1, -0.05) is 18.2 Å². The van der Waals surface area contributed by atoms with Crippen LogP contribution in [-0.2, 0) is 10.0 Å². The zero-order chi connectivity index (χ0) is 14.2. The van der Waals surface area contributed by atoms with Crippen molar-refractivity contribution in [2.45, 2.75) is 5.16 Å². The molecule has 0 aliphatic carbocycles. The minimum absolute atomic E-state index is 0.320. The van der Waals surface area contributed by atoms with Gasteiger partial charge in [-0.25, -0.2) is 13.6 Å². The molecule has 0 saturated heterocycles. The fourth-order valence-corrected chi connectivity index (χ4v) is 2.43. The van der Waals surface area contributed by atoms with E-state index in [1.165, 1.54) is 10.8 Å². The van der Waals surface area contributed by atoms with Gasteiger partial charge in [0, 0.05) is 11.9 Å². The van der Waals surface area contributed by atoms with Crippen molar-refractivity contribution in [2.75, 3.05) is 0 Å². The van der Waals surface area contributed by atoms with Crippen molar-refractivity contribution in [2.24, 2.45) is 5.14 Å². The highest BCUT2D eigenvalue weighted by atomic mass is 32.2. The second-order valence-electron chi connectivity index (χ2n) is 4.01. The van der Waals surface area contributed by atoms with E-state index in [0.29, 0.717) is 17.1 Å². The van der Waals surface area contributed by atoms with Crippen LogP contribution in [0.15, 0.2) is 47.9 Å². The van der Waals surface area contributed by atoms with E-state index in [-0.39, 0.29) is 5.16 Å². The quantitative estimate of drug-likeness (QED) is 0.719. The SMILES string of the molecule is NS(=O)(=O)c1nnc(-c2cn[nH]c2)n1-c1ccccc1. The third kappa shape index (κ3) is 2.08. The number of rotatable bonds is 3. The lowest BCUT2D eigenvalue weighted by molar-refractivity contribution is 0.585. The summed E-state index contributed by atoms with van der Waals surface area (Å²) in [5.74, 6) is 0.342. The fraction of sp³-hybridized carbons (Fsp3) is 0. The van der Waals surface area contributed by atoms with Crippen LogP contribution in [0.3, 0.4) is 0 Å². The number of hydrogen-bond donors (Lipinski definition) is 2. The summed E-state index contributed by atoms with van der Waals surface area (Å²) in [4.78, 5) is 0. The number of benzene rings is 1. The Hall–Kier alpha value is -2.52. The molecule has 8 nitrogen and oxygen atoms in total. The van der Waals surface area contributed by atoms with Crippen LogP contribution in [0.4, 0.5) is 0 Å². The Bertz CT molecular complexity index is 823. The monoisotopic (exact) mass is 290 g/mol. The maximum Gasteiger partial charge on any atom is 0.274 e. The molecule has 0 amide bonds. The molecule has 9 heteroatoms. The Kier molecular flexibility index (Phi) is 2.84. The van der Waals surface area contributed by atoms with E-state index in [9.17, 15) is 8.42 Å². The van der Waals surface area contributed by atoms with E-state index in [1.54, 1.807) is 30.5 Å². The number of nitrogens with two attached hydrogens (primary N) is 1. The lowest BCUT2D eigenvalue weighted by atomic mass is 10.3. The van der Waals surface area contributed by atoms with E-state index in [0.717, 1.165) is 0 Å². The van der Waals surface area contributed by atoms with Crippen LogP contribution in [-0.4, -0.2) is 33.4 Å². The maximum atomic E-state index is 11.6. The number of sulfonamides is 1. The first-order valence-corrected chi connectivity index (χ1v) is 7.15. The van der Waals surface area contributed by atoms with Crippen LogP contribution in [0.5, 0.6) is 0 Å². The molecule has 0 unspecified atom stereocenters. The Morgan fingerprint density at radius 2 is 1.90 bits per heavy atom. The maximum absolute atomic E-state index is 11.6. The van der Waals surface area contributed by atoms with Gasteiger partial charge in [0.25, 0.3) is 15.2 Å². The largest absolute Gasteiger partial charge is 0.285 e. The van der Waals surface area contributed by atoms with Crippen molar-refractivity contribution in [1.29, 1.82) is 0 Å². The van der Waals surface area contributed by atoms with Gasteiger partial charge in [-0.3, -0.25) is 9.67 Å². The van der Waals surface area contributed by atoms with Gasteiger partial charge in [0.05, 0.1) is 11.8 Å². The molecular formula is C11H10N6O2S. The number of primary sulfonamides is 1. The van der Waals surface area contributed by atoms with Crippen molar-refractivity contribution in [3.63, 3.8) is 0 Å². The van der Waals surface area contributed by atoms with Gasteiger partial charge in [0.1, 0.15) is 0 Å². The predicted octanol–water partition coefficient (Wildman–Crippen LogP) is 0.305. The number of aromatic nitrogens is 5. The van der Waals surface area contributed by atoms with Gasteiger partial charge in [-0.05, 0) is 12.1 Å². The average Bonchev–Trinajstić information content (AvgIpc) is 3.07. The fourth-order valence-electron chi connectivity index (χ4n) is 1.82. The first kappa shape index (κ1) is 12.5. The molecule has 0 aliphatic rings. The van der Waals surface area contributed by atoms with Crippen molar-refractivity contribution in [3.8, 4) is 17.1 Å². The lowest BCUT2D eigenvalue weighted by Crippen LogP contribution is -2.18. The molecule has 2 aromatic heterocycles. The molecule has 1 aromatic carbocycles. The third-order valence-corrected chi connectivity index (χ3v) is 3.43. The second-order valence-corrected chi connectivity index (χ2v) is 5.46. The van der Waals surface area contributed by atoms with Gasteiger partial charge < -0.3 is 0 Å². The van der Waals surface area contributed by atoms with Crippen LogP contribution < -0.4 is 5.14 Å². The number of para-hydroxylation sites is 1. The van der Waals surface area contributed by atoms with E-state index in [2.05, 4.69) is 20.4 Å². The topological polar surface area (TPSA) is 120 Å². The number of nitrogens with one attached hydrogen (secondary N) is 1. The van der Waals surface area contributed by atoms with E-state index in [4.69, 9.17) is 5.14 Å². The zero-order valence-corrected chi connectivity index (χ0v) is 10.9. The molecule has 3 N–H and O–H groups in total. The van der Waals surface area contributed by atoms with Gasteiger partial charge >= 0.3 is 0 Å². The van der Waals surface area contributed by atoms with Crippen molar-refractivity contribution >= 4 is 10.0 Å². The summed E-state index contributed by atoms with van der Waals surface area (Å²) >= 11 is 0. The van der Waals surface area contributed by atoms with Crippen LogP contribution in [0.1, 0.15) is 0 Å². The minimum Gasteiger partial charge on any atom is -0.285 e. The van der Waals surface area contributed by atoms with Crippen LogP contribution in [0.2, 0.25) is 0 Å². The molecule has 0 fully saturated rings. The number of aromatic amines is 1. The summed E-state index contributed by atoms with van der Waals surface area (Å²) in [5.41, 5.74) is 1.20.